The van der Waals surface area contributed by atoms with Crippen LogP contribution < -0.4 is 0 Å². The molecule has 0 N–H and O–H groups in total. The van der Waals surface area contributed by atoms with Crippen LogP contribution >= 0.6 is 11.3 Å². The third-order valence-corrected chi connectivity index (χ3v) is 5.80. The van der Waals surface area contributed by atoms with Gasteiger partial charge in [-0.1, -0.05) is 38.1 Å². The highest BCUT2D eigenvalue weighted by atomic mass is 32.1. The van der Waals surface area contributed by atoms with E-state index in [9.17, 15) is 0 Å². The molecule has 0 bridgehead atoms. The van der Waals surface area contributed by atoms with Crippen molar-refractivity contribution in [2.75, 3.05) is 0 Å². The Morgan fingerprint density at radius 3 is 2.72 bits per heavy atom. The number of aryl methyl sites for hydroxylation is 1. The van der Waals surface area contributed by atoms with Crippen LogP contribution in [0.2, 0.25) is 0 Å². The molecular formula is C19H22N4OS. The fourth-order valence-corrected chi connectivity index (χ4v) is 4.13. The van der Waals surface area contributed by atoms with E-state index in [-0.39, 0.29) is 6.04 Å². The zero-order chi connectivity index (χ0) is 17.4. The third kappa shape index (κ3) is 3.37. The SMILES string of the molecule is Cc1nnc([C@H]2Cc3ccccc3CN2Cc2csc(C(C)C)n2)o1. The lowest BCUT2D eigenvalue weighted by molar-refractivity contribution is 0.136. The van der Waals surface area contributed by atoms with Crippen molar-refractivity contribution in [3.63, 3.8) is 0 Å². The first kappa shape index (κ1) is 16.4. The van der Waals surface area contributed by atoms with Crippen molar-refractivity contribution in [1.82, 2.24) is 20.1 Å². The Balaban J connectivity index is 1.64. The van der Waals surface area contributed by atoms with Crippen molar-refractivity contribution in [2.24, 2.45) is 0 Å². The van der Waals surface area contributed by atoms with Crippen molar-refractivity contribution in [2.45, 2.75) is 52.2 Å². The van der Waals surface area contributed by atoms with Crippen molar-refractivity contribution in [1.29, 1.82) is 0 Å². The maximum Gasteiger partial charge on any atom is 0.233 e. The molecule has 0 fully saturated rings. The zero-order valence-corrected chi connectivity index (χ0v) is 15.6. The minimum atomic E-state index is 0.0975. The first-order chi connectivity index (χ1) is 12.1. The molecule has 6 heteroatoms. The molecule has 0 saturated carbocycles. The molecule has 0 radical (unpaired) electrons. The molecule has 2 aromatic heterocycles. The molecule has 1 aliphatic heterocycles. The summed E-state index contributed by atoms with van der Waals surface area (Å²) in [6.07, 6.45) is 0.888. The van der Waals surface area contributed by atoms with E-state index < -0.39 is 0 Å². The second-order valence-corrected chi connectivity index (χ2v) is 7.77. The maximum absolute atomic E-state index is 5.77. The summed E-state index contributed by atoms with van der Waals surface area (Å²) in [5.41, 5.74) is 3.85. The molecule has 25 heavy (non-hydrogen) atoms. The summed E-state index contributed by atoms with van der Waals surface area (Å²) in [4.78, 5) is 7.20. The molecule has 3 aromatic rings. The molecule has 0 amide bonds. The van der Waals surface area contributed by atoms with E-state index >= 15 is 0 Å². The molecule has 0 spiro atoms. The van der Waals surface area contributed by atoms with Gasteiger partial charge in [0, 0.05) is 31.3 Å². The Hall–Kier alpha value is -2.05. The molecule has 130 valence electrons. The van der Waals surface area contributed by atoms with Gasteiger partial charge in [0.1, 0.15) is 0 Å². The number of fused-ring (bicyclic) bond motifs is 1. The summed E-state index contributed by atoms with van der Waals surface area (Å²) in [6, 6.07) is 8.70. The molecule has 4 rings (SSSR count). The summed E-state index contributed by atoms with van der Waals surface area (Å²) >= 11 is 1.74. The summed E-state index contributed by atoms with van der Waals surface area (Å²) in [5.74, 6) is 1.78. The van der Waals surface area contributed by atoms with Crippen LogP contribution in [0, 0.1) is 6.92 Å². The lowest BCUT2D eigenvalue weighted by Gasteiger charge is -2.34. The van der Waals surface area contributed by atoms with Crippen LogP contribution in [-0.2, 0) is 19.5 Å². The fraction of sp³-hybridized carbons (Fsp3) is 0.421. The quantitative estimate of drug-likeness (QED) is 0.701. The van der Waals surface area contributed by atoms with E-state index in [0.717, 1.165) is 25.2 Å². The topological polar surface area (TPSA) is 55.1 Å². The average molecular weight is 354 g/mol. The number of hydrogen-bond donors (Lipinski definition) is 0. The monoisotopic (exact) mass is 354 g/mol. The van der Waals surface area contributed by atoms with E-state index in [2.05, 4.69) is 58.6 Å². The molecule has 1 aliphatic rings. The lowest BCUT2D eigenvalue weighted by atomic mass is 9.94. The molecule has 0 saturated heterocycles. The summed E-state index contributed by atoms with van der Waals surface area (Å²) < 4.78 is 5.77. The Morgan fingerprint density at radius 2 is 2.04 bits per heavy atom. The van der Waals surface area contributed by atoms with Crippen LogP contribution in [-0.4, -0.2) is 20.1 Å². The van der Waals surface area contributed by atoms with Crippen LogP contribution in [0.15, 0.2) is 34.1 Å². The molecule has 5 nitrogen and oxygen atoms in total. The smallest absolute Gasteiger partial charge is 0.233 e. The second kappa shape index (κ2) is 6.69. The van der Waals surface area contributed by atoms with Crippen molar-refractivity contribution < 1.29 is 4.42 Å². The number of nitrogens with zero attached hydrogens (tertiary/aromatic N) is 4. The molecule has 0 unspecified atom stereocenters. The number of rotatable bonds is 4. The Labute approximate surface area is 151 Å². The van der Waals surface area contributed by atoms with Gasteiger partial charge in [-0.25, -0.2) is 4.98 Å². The van der Waals surface area contributed by atoms with E-state index in [1.165, 1.54) is 16.1 Å². The summed E-state index contributed by atoms with van der Waals surface area (Å²) in [6.45, 7) is 7.88. The first-order valence-corrected chi connectivity index (χ1v) is 9.53. The van der Waals surface area contributed by atoms with E-state index in [1.807, 2.05) is 6.92 Å². The predicted octanol–water partition coefficient (Wildman–Crippen LogP) is 4.26. The fourth-order valence-electron chi connectivity index (χ4n) is 3.30. The molecule has 1 atom stereocenters. The van der Waals surface area contributed by atoms with Crippen molar-refractivity contribution >= 4 is 11.3 Å². The first-order valence-electron chi connectivity index (χ1n) is 8.65. The second-order valence-electron chi connectivity index (χ2n) is 6.88. The Kier molecular flexibility index (Phi) is 4.39. The molecule has 3 heterocycles. The third-order valence-electron chi connectivity index (χ3n) is 4.60. The number of aromatic nitrogens is 3. The normalized spacial score (nSPS) is 17.8. The van der Waals surface area contributed by atoms with Gasteiger partial charge in [-0.2, -0.15) is 0 Å². The molecule has 0 aliphatic carbocycles. The van der Waals surface area contributed by atoms with Crippen LogP contribution in [0.3, 0.4) is 0 Å². The number of hydrogen-bond acceptors (Lipinski definition) is 6. The van der Waals surface area contributed by atoms with E-state index in [0.29, 0.717) is 17.7 Å². The van der Waals surface area contributed by atoms with Crippen LogP contribution in [0.1, 0.15) is 59.4 Å². The number of benzene rings is 1. The van der Waals surface area contributed by atoms with E-state index in [4.69, 9.17) is 9.40 Å². The highest BCUT2D eigenvalue weighted by Crippen LogP contribution is 2.34. The zero-order valence-electron chi connectivity index (χ0n) is 14.8. The lowest BCUT2D eigenvalue weighted by Crippen LogP contribution is -2.34. The molecule has 1 aromatic carbocycles. The maximum atomic E-state index is 5.77. The standard InChI is InChI=1S/C19H22N4OS/c1-12(2)19-20-16(11-25-19)10-23-9-15-7-5-4-6-14(15)8-17(23)18-22-21-13(3)24-18/h4-7,11-12,17H,8-10H2,1-3H3/t17-/m1/s1. The van der Waals surface area contributed by atoms with Gasteiger partial charge >= 0.3 is 0 Å². The minimum absolute atomic E-state index is 0.0975. The van der Waals surface area contributed by atoms with E-state index in [1.54, 1.807) is 11.3 Å². The van der Waals surface area contributed by atoms with Crippen LogP contribution in [0.25, 0.3) is 0 Å². The van der Waals surface area contributed by atoms with Gasteiger partial charge in [-0.05, 0) is 17.5 Å². The van der Waals surface area contributed by atoms with Crippen LogP contribution in [0.5, 0.6) is 0 Å². The van der Waals surface area contributed by atoms with Gasteiger partial charge in [0.05, 0.1) is 16.7 Å². The van der Waals surface area contributed by atoms with Gasteiger partial charge in [-0.3, -0.25) is 4.90 Å². The van der Waals surface area contributed by atoms with Gasteiger partial charge in [0.2, 0.25) is 11.8 Å². The van der Waals surface area contributed by atoms with Gasteiger partial charge in [0.15, 0.2) is 0 Å². The predicted molar refractivity (Wildman–Crippen MR) is 97.4 cm³/mol. The summed E-state index contributed by atoms with van der Waals surface area (Å²) in [7, 11) is 0. The minimum Gasteiger partial charge on any atom is -0.424 e. The Morgan fingerprint density at radius 1 is 1.24 bits per heavy atom. The number of thiazole rings is 1. The van der Waals surface area contributed by atoms with Gasteiger partial charge in [-0.15, -0.1) is 21.5 Å². The summed E-state index contributed by atoms with van der Waals surface area (Å²) in [5, 5.41) is 11.7. The van der Waals surface area contributed by atoms with Crippen molar-refractivity contribution in [3.05, 3.63) is 63.3 Å². The highest BCUT2D eigenvalue weighted by Gasteiger charge is 2.31. The molecular weight excluding hydrogens is 332 g/mol. The highest BCUT2D eigenvalue weighted by molar-refractivity contribution is 7.09. The van der Waals surface area contributed by atoms with Crippen LogP contribution in [0.4, 0.5) is 0 Å². The van der Waals surface area contributed by atoms with Crippen molar-refractivity contribution in [3.8, 4) is 0 Å². The largest absolute Gasteiger partial charge is 0.424 e. The van der Waals surface area contributed by atoms with Gasteiger partial charge in [0.25, 0.3) is 0 Å². The van der Waals surface area contributed by atoms with Gasteiger partial charge < -0.3 is 4.42 Å². The Bertz CT molecular complexity index is 870. The average Bonchev–Trinajstić information content (AvgIpc) is 3.23.